The second-order valence-corrected chi connectivity index (χ2v) is 5.80. The van der Waals surface area contributed by atoms with Crippen LogP contribution in [0.3, 0.4) is 0 Å². The number of aliphatic imine (C=N–C) groups is 1. The van der Waals surface area contributed by atoms with Crippen molar-refractivity contribution in [1.82, 2.24) is 9.97 Å². The average molecular weight is 326 g/mol. The lowest BCUT2D eigenvalue weighted by Gasteiger charge is -2.52. The van der Waals surface area contributed by atoms with Crippen molar-refractivity contribution in [2.75, 3.05) is 18.1 Å². The number of H-pyrrole nitrogens is 2. The minimum Gasteiger partial charge on any atom is -0.394 e. The van der Waals surface area contributed by atoms with Gasteiger partial charge in [0, 0.05) is 0 Å². The van der Waals surface area contributed by atoms with Gasteiger partial charge in [-0.05, 0) is 13.8 Å². The molecule has 3 heterocycles. The number of nitrogens with one attached hydrogen (secondary N) is 2. The summed E-state index contributed by atoms with van der Waals surface area (Å²) >= 11 is 0. The summed E-state index contributed by atoms with van der Waals surface area (Å²) < 4.78 is 5.79. The Labute approximate surface area is 130 Å². The molecule has 126 valence electrons. The highest BCUT2D eigenvalue weighted by atomic mass is 16.6. The third-order valence-corrected chi connectivity index (χ3v) is 4.31. The minimum absolute atomic E-state index is 0.0164. The van der Waals surface area contributed by atoms with E-state index in [1.807, 2.05) is 0 Å². The molecule has 1 fully saturated rings. The molecule has 0 amide bonds. The summed E-state index contributed by atoms with van der Waals surface area (Å²) in [4.78, 5) is 33.8. The lowest BCUT2D eigenvalue weighted by Crippen LogP contribution is -2.68. The Bertz CT molecular complexity index is 770. The number of aromatic nitrogens is 2. The zero-order valence-corrected chi connectivity index (χ0v) is 12.6. The first-order valence-electron chi connectivity index (χ1n) is 7.12. The van der Waals surface area contributed by atoms with Crippen LogP contribution in [0.2, 0.25) is 0 Å². The van der Waals surface area contributed by atoms with E-state index >= 15 is 0 Å². The lowest BCUT2D eigenvalue weighted by atomic mass is 9.97. The molecule has 1 aromatic rings. The van der Waals surface area contributed by atoms with Crippen molar-refractivity contribution in [2.45, 2.75) is 37.9 Å². The summed E-state index contributed by atoms with van der Waals surface area (Å²) in [7, 11) is 0. The van der Waals surface area contributed by atoms with Crippen LogP contribution in [0.4, 0.5) is 11.5 Å². The van der Waals surface area contributed by atoms with Crippen LogP contribution in [0.15, 0.2) is 14.6 Å². The van der Waals surface area contributed by atoms with Gasteiger partial charge in [0.05, 0.1) is 18.9 Å². The third kappa shape index (κ3) is 2.30. The van der Waals surface area contributed by atoms with Crippen molar-refractivity contribution in [3.63, 3.8) is 0 Å². The van der Waals surface area contributed by atoms with Gasteiger partial charge in [-0.15, -0.1) is 0 Å². The molecular formula is C13H18N4O6. The minimum atomic E-state index is -1.27. The van der Waals surface area contributed by atoms with Gasteiger partial charge in [0.25, 0.3) is 5.56 Å². The maximum absolute atomic E-state index is 11.9. The molecule has 4 atom stereocenters. The van der Waals surface area contributed by atoms with Crippen LogP contribution < -0.4 is 16.1 Å². The second kappa shape index (κ2) is 5.27. The fraction of sp³-hybridized carbons (Fsp3) is 0.615. The SMILES string of the molecule is CC1=Nc2c([nH]c(=O)[nH]c2=O)N2C[C@H](O)[C@@H]([C@H](O)CO)O[C@]12C. The van der Waals surface area contributed by atoms with Gasteiger partial charge in [0.1, 0.15) is 24.1 Å². The number of aromatic amines is 2. The Morgan fingerprint density at radius 2 is 2.17 bits per heavy atom. The first kappa shape index (κ1) is 15.9. The smallest absolute Gasteiger partial charge is 0.327 e. The molecule has 0 spiro atoms. The fourth-order valence-corrected chi connectivity index (χ4v) is 2.93. The number of aliphatic hydroxyl groups is 3. The summed E-state index contributed by atoms with van der Waals surface area (Å²) in [5.74, 6) is 0.142. The molecule has 2 aliphatic heterocycles. The first-order valence-corrected chi connectivity index (χ1v) is 7.12. The normalized spacial score (nSPS) is 31.2. The van der Waals surface area contributed by atoms with Gasteiger partial charge in [0.15, 0.2) is 11.4 Å². The molecule has 0 aliphatic carbocycles. The standard InChI is InChI=1S/C13H18N4O6/c1-5-13(2)17(3-6(19)9(23-13)7(20)4-18)10-8(14-5)11(21)16-12(22)15-10/h6-7,9,18-20H,3-4H2,1-2H3,(H2,15,16,21,22)/t6-,7+,9-,13+/m0/s1. The number of hydrogen-bond donors (Lipinski definition) is 5. The molecule has 5 N–H and O–H groups in total. The van der Waals surface area contributed by atoms with Gasteiger partial charge < -0.3 is 25.0 Å². The Morgan fingerprint density at radius 3 is 2.83 bits per heavy atom. The molecule has 0 saturated carbocycles. The van der Waals surface area contributed by atoms with E-state index in [2.05, 4.69) is 15.0 Å². The van der Waals surface area contributed by atoms with Gasteiger partial charge >= 0.3 is 5.69 Å². The summed E-state index contributed by atoms with van der Waals surface area (Å²) in [6.45, 7) is 2.70. The van der Waals surface area contributed by atoms with Crippen LogP contribution in [0.5, 0.6) is 0 Å². The van der Waals surface area contributed by atoms with Gasteiger partial charge in [0.2, 0.25) is 0 Å². The van der Waals surface area contributed by atoms with Crippen molar-refractivity contribution >= 4 is 17.2 Å². The van der Waals surface area contributed by atoms with E-state index in [1.54, 1.807) is 13.8 Å². The maximum Gasteiger partial charge on any atom is 0.327 e. The Kier molecular flexibility index (Phi) is 3.64. The number of fused-ring (bicyclic) bond motifs is 3. The number of aliphatic hydroxyl groups excluding tert-OH is 3. The van der Waals surface area contributed by atoms with Crippen molar-refractivity contribution < 1.29 is 20.1 Å². The van der Waals surface area contributed by atoms with E-state index in [9.17, 15) is 19.8 Å². The number of rotatable bonds is 2. The molecule has 23 heavy (non-hydrogen) atoms. The Hall–Kier alpha value is -2.01. The highest BCUT2D eigenvalue weighted by molar-refractivity contribution is 5.98. The summed E-state index contributed by atoms with van der Waals surface area (Å²) in [5, 5.41) is 29.1. The predicted octanol–water partition coefficient (Wildman–Crippen LogP) is -2.20. The molecule has 3 rings (SSSR count). The molecule has 1 aromatic heterocycles. The zero-order chi connectivity index (χ0) is 16.9. The van der Waals surface area contributed by atoms with E-state index in [-0.39, 0.29) is 18.1 Å². The molecule has 0 bridgehead atoms. The van der Waals surface area contributed by atoms with E-state index in [0.29, 0.717) is 5.71 Å². The van der Waals surface area contributed by atoms with E-state index in [4.69, 9.17) is 9.84 Å². The van der Waals surface area contributed by atoms with Crippen molar-refractivity contribution in [2.24, 2.45) is 4.99 Å². The number of ether oxygens (including phenoxy) is 1. The Morgan fingerprint density at radius 1 is 1.48 bits per heavy atom. The van der Waals surface area contributed by atoms with Gasteiger partial charge in [-0.1, -0.05) is 0 Å². The predicted molar refractivity (Wildman–Crippen MR) is 80.2 cm³/mol. The number of hydrogen-bond acceptors (Lipinski definition) is 8. The van der Waals surface area contributed by atoms with E-state index in [0.717, 1.165) is 0 Å². The van der Waals surface area contributed by atoms with Gasteiger partial charge in [-0.3, -0.25) is 14.8 Å². The van der Waals surface area contributed by atoms with Crippen molar-refractivity contribution in [3.8, 4) is 0 Å². The number of anilines is 1. The van der Waals surface area contributed by atoms with Crippen molar-refractivity contribution in [3.05, 3.63) is 20.8 Å². The molecule has 0 radical (unpaired) electrons. The highest BCUT2D eigenvalue weighted by Crippen LogP contribution is 2.39. The zero-order valence-electron chi connectivity index (χ0n) is 12.6. The number of nitrogens with zero attached hydrogens (tertiary/aromatic N) is 2. The average Bonchev–Trinajstić information content (AvgIpc) is 2.49. The molecule has 0 unspecified atom stereocenters. The quantitative estimate of drug-likeness (QED) is 0.414. The maximum atomic E-state index is 11.9. The second-order valence-electron chi connectivity index (χ2n) is 5.80. The lowest BCUT2D eigenvalue weighted by molar-refractivity contribution is -0.173. The molecular weight excluding hydrogens is 308 g/mol. The van der Waals surface area contributed by atoms with Crippen LogP contribution in [0.25, 0.3) is 0 Å². The molecule has 1 saturated heterocycles. The fourth-order valence-electron chi connectivity index (χ4n) is 2.93. The first-order chi connectivity index (χ1) is 10.8. The van der Waals surface area contributed by atoms with Gasteiger partial charge in [-0.2, -0.15) is 0 Å². The van der Waals surface area contributed by atoms with Crippen LogP contribution in [-0.2, 0) is 4.74 Å². The van der Waals surface area contributed by atoms with Crippen LogP contribution in [0.1, 0.15) is 13.8 Å². The third-order valence-electron chi connectivity index (χ3n) is 4.31. The van der Waals surface area contributed by atoms with Crippen LogP contribution >= 0.6 is 0 Å². The monoisotopic (exact) mass is 326 g/mol. The van der Waals surface area contributed by atoms with E-state index in [1.165, 1.54) is 4.90 Å². The van der Waals surface area contributed by atoms with E-state index < -0.39 is 41.9 Å². The molecule has 2 aliphatic rings. The molecule has 0 aromatic carbocycles. The van der Waals surface area contributed by atoms with Crippen molar-refractivity contribution in [1.29, 1.82) is 0 Å². The Balaban J connectivity index is 2.12. The topological polar surface area (TPSA) is 151 Å². The largest absolute Gasteiger partial charge is 0.394 e. The highest BCUT2D eigenvalue weighted by Gasteiger charge is 2.50. The molecule has 10 nitrogen and oxygen atoms in total. The van der Waals surface area contributed by atoms with Crippen LogP contribution in [0, 0.1) is 0 Å². The summed E-state index contributed by atoms with van der Waals surface area (Å²) in [5.41, 5.74) is -2.07. The molecule has 10 heteroatoms. The summed E-state index contributed by atoms with van der Waals surface area (Å²) in [6, 6.07) is 0. The van der Waals surface area contributed by atoms with Gasteiger partial charge in [-0.25, -0.2) is 9.79 Å². The summed E-state index contributed by atoms with van der Waals surface area (Å²) in [6.07, 6.45) is -3.43. The van der Waals surface area contributed by atoms with Crippen LogP contribution in [-0.4, -0.2) is 68.2 Å².